The van der Waals surface area contributed by atoms with Crippen molar-refractivity contribution in [1.29, 1.82) is 5.41 Å². The van der Waals surface area contributed by atoms with E-state index in [1.807, 2.05) is 0 Å². The summed E-state index contributed by atoms with van der Waals surface area (Å²) in [6.07, 6.45) is -0.439. The van der Waals surface area contributed by atoms with E-state index >= 15 is 28.8 Å². The van der Waals surface area contributed by atoms with Gasteiger partial charge in [-0.3, -0.25) is 77.3 Å². The molecule has 4 aromatic rings. The molecule has 634 valence electrons. The lowest BCUT2D eigenvalue weighted by molar-refractivity contribution is -0.137. The van der Waals surface area contributed by atoms with Gasteiger partial charge in [0.15, 0.2) is 5.96 Å². The van der Waals surface area contributed by atoms with Crippen molar-refractivity contribution in [1.82, 2.24) is 84.7 Å². The molecular weight excluding hydrogens is 1550 g/mol. The lowest BCUT2D eigenvalue weighted by Crippen LogP contribution is -2.62. The van der Waals surface area contributed by atoms with Gasteiger partial charge in [-0.15, -0.1) is 0 Å². The molecule has 0 radical (unpaired) electrons. The average Bonchev–Trinajstić information content (AvgIpc) is 1.64. The van der Waals surface area contributed by atoms with Gasteiger partial charge in [0.25, 0.3) is 0 Å². The van der Waals surface area contributed by atoms with Gasteiger partial charge in [0.2, 0.25) is 88.6 Å². The van der Waals surface area contributed by atoms with Gasteiger partial charge in [-0.25, -0.2) is 0 Å². The van der Waals surface area contributed by atoms with E-state index in [4.69, 9.17) is 22.6 Å². The zero-order valence-electron chi connectivity index (χ0n) is 64.8. The number of hydrogen-bond acceptors (Lipinski definition) is 23. The second-order valence-corrected chi connectivity index (χ2v) is 31.1. The van der Waals surface area contributed by atoms with Crippen molar-refractivity contribution < 1.29 is 92.3 Å². The van der Waals surface area contributed by atoms with E-state index < -0.39 is 242 Å². The molecule has 0 aliphatic carbocycles. The minimum absolute atomic E-state index is 0.0189. The Labute approximate surface area is 677 Å². The highest BCUT2D eigenvalue weighted by molar-refractivity contribution is 8.76. The van der Waals surface area contributed by atoms with Crippen molar-refractivity contribution in [3.8, 4) is 5.75 Å². The first-order chi connectivity index (χ1) is 55.3. The quantitative estimate of drug-likeness (QED) is 0.0135. The highest BCUT2D eigenvalue weighted by Gasteiger charge is 2.40. The Kier molecular flexibility index (Phi) is 38.5. The largest absolute Gasteiger partial charge is 0.508 e. The highest BCUT2D eigenvalue weighted by atomic mass is 33.1. The van der Waals surface area contributed by atoms with Crippen LogP contribution >= 0.6 is 21.6 Å². The lowest BCUT2D eigenvalue weighted by atomic mass is 9.98. The number of unbranched alkanes of at least 4 members (excludes halogenated alkanes) is 1. The Morgan fingerprint density at radius 2 is 0.922 bits per heavy atom. The van der Waals surface area contributed by atoms with Gasteiger partial charge in [-0.05, 0) is 98.2 Å². The van der Waals surface area contributed by atoms with Crippen LogP contribution in [0.5, 0.6) is 5.75 Å². The molecule has 3 heterocycles. The first-order valence-corrected chi connectivity index (χ1v) is 40.6. The molecule has 15 amide bonds. The molecule has 41 heteroatoms. The SMILES string of the molecule is CC[C@H](C)[C@@H]1NC(=O)CNC(=O)C(CCCNC(=N)N)NC(=O)C(CO)NC(=O)[C@H](CO)NC(=O)[C@H](Cc2ccc(O)cc2)NC(=O)[C@H](CCCCN)NC(=O)[C@@H]2CSSC[C@H](NC1=O)C(=O)N[C@@H](Cc1c[nH]c3ccccc13)C(=O)N[C@@H](CO)C(=O)N[C@@H](CCC(N)=O)C(=O)N[C@@H](Cc1ccccc1)C(=O)NC(CC(C)C)C(=O)N2. The maximum atomic E-state index is 15.4. The number of guanidine groups is 1. The van der Waals surface area contributed by atoms with Crippen LogP contribution in [0.1, 0.15) is 102 Å². The number of aromatic hydroxyl groups is 1. The Morgan fingerprint density at radius 3 is 1.44 bits per heavy atom. The number of phenols is 1. The number of H-pyrrole nitrogens is 1. The molecule has 2 bridgehead atoms. The van der Waals surface area contributed by atoms with Gasteiger partial charge in [-0.2, -0.15) is 0 Å². The number of aliphatic hydroxyl groups is 3. The summed E-state index contributed by atoms with van der Waals surface area (Å²) in [6, 6.07) is -1.70. The second-order valence-electron chi connectivity index (χ2n) is 28.5. The molecular formula is C75H108N20O19S2. The van der Waals surface area contributed by atoms with Crippen LogP contribution in [0.25, 0.3) is 10.9 Å². The number of carbonyl (C=O) groups is 15. The van der Waals surface area contributed by atoms with Crippen molar-refractivity contribution in [2.24, 2.45) is 29.0 Å². The van der Waals surface area contributed by atoms with Gasteiger partial charge in [0, 0.05) is 60.8 Å². The number of phenolic OH excluding ortho intramolecular Hbond substituents is 1. The standard InChI is InChI=1S/C75H108N20O19S2/c1-5-40(4)61-74(114)94-58-38-116-115-37-57(72(112)84-48(18-11-12-26-76)63(103)87-52(30-42-20-22-44(99)23-21-42)67(107)90-56(36-98)71(111)92-55(35-97)69(109)83-47(19-13-27-80-75(78)79)62(102)82-33-60(101)95-61)93-65(105)50(28-39(2)3)86-66(106)51(29-41-14-7-6-8-15-41)88-64(104)49(24-25-59(77)100)85-70(110)54(34-96)91-68(108)53(89-73(58)113)31-43-32-81-46-17-10-9-16-45(43)46/h6-10,14-17,20-23,32,39-40,47-58,61,81,96-99H,5,11-13,18-19,24-31,33-38,76H2,1-4H3,(H2,77,100)(H,82,102)(H,83,109)(H,84,112)(H,85,110)(H,86,106)(H,87,103)(H,88,104)(H,89,113)(H,90,107)(H,91,108)(H,92,111)(H,93,105)(H,94,114)(H,95,101)(H4,78,79,80)/t40-,47?,48-,49-,50?,51-,52-,53-,54-,55?,56-,57-,58-,61-/m0/s1. The topological polar surface area (TPSA) is 635 Å². The predicted octanol–water partition coefficient (Wildman–Crippen LogP) is -5.54. The van der Waals surface area contributed by atoms with Crippen LogP contribution < -0.4 is 97.0 Å². The Bertz CT molecular complexity index is 4070. The number of aliphatic hydroxyl groups excluding tert-OH is 3. The number of nitrogens with one attached hydrogen (secondary N) is 17. The zero-order valence-corrected chi connectivity index (χ0v) is 66.5. The van der Waals surface area contributed by atoms with Crippen molar-refractivity contribution in [2.75, 3.05) is 51.0 Å². The van der Waals surface area contributed by atoms with Crippen LogP contribution in [0.4, 0.5) is 0 Å². The van der Waals surface area contributed by atoms with E-state index in [2.05, 4.69) is 84.7 Å². The summed E-state index contributed by atoms with van der Waals surface area (Å²) in [5.74, 6) is -18.8. The molecule has 6 rings (SSSR count). The third kappa shape index (κ3) is 30.2. The maximum Gasteiger partial charge on any atom is 0.245 e. The predicted molar refractivity (Wildman–Crippen MR) is 428 cm³/mol. The minimum Gasteiger partial charge on any atom is -0.508 e. The molecule has 0 saturated carbocycles. The number of rotatable bonds is 24. The van der Waals surface area contributed by atoms with Crippen LogP contribution in [0.2, 0.25) is 0 Å². The van der Waals surface area contributed by atoms with Crippen LogP contribution in [-0.4, -0.2) is 249 Å². The van der Waals surface area contributed by atoms with Gasteiger partial charge < -0.3 is 122 Å². The molecule has 0 spiro atoms. The fourth-order valence-electron chi connectivity index (χ4n) is 12.3. The number of aromatic nitrogens is 1. The number of para-hydroxylation sites is 1. The van der Waals surface area contributed by atoms with E-state index in [0.717, 1.165) is 21.6 Å². The van der Waals surface area contributed by atoms with Crippen LogP contribution in [-0.2, 0) is 91.2 Å². The van der Waals surface area contributed by atoms with E-state index in [0.29, 0.717) is 27.6 Å². The van der Waals surface area contributed by atoms with Crippen molar-refractivity contribution >= 4 is 127 Å². The number of benzene rings is 3. The smallest absolute Gasteiger partial charge is 0.245 e. The lowest BCUT2D eigenvalue weighted by Gasteiger charge is -2.29. The van der Waals surface area contributed by atoms with Crippen LogP contribution in [0.15, 0.2) is 85.1 Å². The molecule has 2 saturated heterocycles. The third-order valence-electron chi connectivity index (χ3n) is 19.0. The number of hydrogen-bond donors (Lipinski definition) is 24. The number of primary amides is 1. The summed E-state index contributed by atoms with van der Waals surface area (Å²) in [5.41, 5.74) is 18.8. The van der Waals surface area contributed by atoms with Gasteiger partial charge in [0.1, 0.15) is 84.3 Å². The summed E-state index contributed by atoms with van der Waals surface area (Å²) < 4.78 is 0. The van der Waals surface area contributed by atoms with Crippen LogP contribution in [0, 0.1) is 17.2 Å². The maximum absolute atomic E-state index is 15.4. The van der Waals surface area contributed by atoms with Crippen molar-refractivity contribution in [3.63, 3.8) is 0 Å². The molecule has 39 nitrogen and oxygen atoms in total. The Morgan fingerprint density at radius 1 is 0.491 bits per heavy atom. The average molecular weight is 1660 g/mol. The molecule has 116 heavy (non-hydrogen) atoms. The van der Waals surface area contributed by atoms with Gasteiger partial charge in [-0.1, -0.05) is 116 Å². The van der Waals surface area contributed by atoms with Gasteiger partial charge >= 0.3 is 0 Å². The summed E-state index contributed by atoms with van der Waals surface area (Å²) in [6.45, 7) is 2.45. The molecule has 1 aromatic heterocycles. The fraction of sp³-hybridized carbons (Fsp3) is 0.520. The number of aromatic amines is 1. The van der Waals surface area contributed by atoms with Gasteiger partial charge in [0.05, 0.1) is 26.4 Å². The Balaban J connectivity index is 1.55. The van der Waals surface area contributed by atoms with E-state index in [1.54, 1.807) is 88.5 Å². The molecule has 3 aromatic carbocycles. The van der Waals surface area contributed by atoms with E-state index in [-0.39, 0.29) is 76.6 Å². The molecule has 14 atom stereocenters. The molecule has 2 aliphatic rings. The first kappa shape index (κ1) is 93.7. The first-order valence-electron chi connectivity index (χ1n) is 38.1. The minimum atomic E-state index is -1.94. The number of fused-ring (bicyclic) bond motifs is 6. The normalized spacial score (nSPS) is 24.8. The van der Waals surface area contributed by atoms with Crippen molar-refractivity contribution in [2.45, 2.75) is 183 Å². The fourth-order valence-corrected chi connectivity index (χ4v) is 14.7. The molecule has 2 aliphatic heterocycles. The summed E-state index contributed by atoms with van der Waals surface area (Å²) in [7, 11) is 1.67. The summed E-state index contributed by atoms with van der Waals surface area (Å²) in [4.78, 5) is 222. The number of carbonyl (C=O) groups excluding carboxylic acids is 15. The molecule has 27 N–H and O–H groups in total. The second kappa shape index (κ2) is 47.6. The zero-order chi connectivity index (χ0) is 85.1. The number of amides is 15. The monoisotopic (exact) mass is 1660 g/mol. The summed E-state index contributed by atoms with van der Waals surface area (Å²) in [5, 5.41) is 88.6. The number of nitrogens with two attached hydrogens (primary N) is 3. The third-order valence-corrected chi connectivity index (χ3v) is 21.4. The van der Waals surface area contributed by atoms with Crippen molar-refractivity contribution in [3.05, 3.63) is 102 Å². The molecule has 2 fully saturated rings. The van der Waals surface area contributed by atoms with E-state index in [9.17, 15) is 63.6 Å². The molecule has 3 unspecified atom stereocenters. The van der Waals surface area contributed by atoms with E-state index in [1.165, 1.54) is 24.3 Å². The Hall–Kier alpha value is -11.1. The summed E-state index contributed by atoms with van der Waals surface area (Å²) >= 11 is 0. The van der Waals surface area contributed by atoms with Crippen LogP contribution in [0.3, 0.4) is 0 Å². The highest BCUT2D eigenvalue weighted by Crippen LogP contribution is 2.26.